The maximum atomic E-state index is 11.8. The van der Waals surface area contributed by atoms with E-state index in [-0.39, 0.29) is 5.78 Å². The Bertz CT molecular complexity index is 629. The number of carbonyl (C=O) groups is 1. The van der Waals surface area contributed by atoms with E-state index >= 15 is 0 Å². The molecule has 2 heteroatoms. The molecule has 2 nitrogen and oxygen atoms in total. The minimum Gasteiger partial charge on any atom is -0.507 e. The van der Waals surface area contributed by atoms with E-state index in [1.165, 1.54) is 6.08 Å². The van der Waals surface area contributed by atoms with Gasteiger partial charge in [-0.15, -0.1) is 0 Å². The summed E-state index contributed by atoms with van der Waals surface area (Å²) in [6.07, 6.45) is 3.31. The molecule has 2 aromatic rings. The molecule has 2 aromatic carbocycles. The van der Waals surface area contributed by atoms with E-state index in [0.717, 1.165) is 16.3 Å². The van der Waals surface area contributed by atoms with E-state index in [9.17, 15) is 4.79 Å². The van der Waals surface area contributed by atoms with Crippen molar-refractivity contribution in [2.24, 2.45) is 0 Å². The molecule has 3 rings (SSSR count). The fourth-order valence-corrected chi connectivity index (χ4v) is 2.02. The summed E-state index contributed by atoms with van der Waals surface area (Å²) in [6, 6.07) is 9.36. The second-order valence-corrected chi connectivity index (χ2v) is 3.58. The summed E-state index contributed by atoms with van der Waals surface area (Å²) in [6.45, 7) is 0. The molecule has 1 N–H and O–H groups in total. The summed E-state index contributed by atoms with van der Waals surface area (Å²) in [5.74, 6) is 0.209. The van der Waals surface area contributed by atoms with Crippen LogP contribution in [-0.2, 0) is 0 Å². The lowest BCUT2D eigenvalue weighted by Crippen LogP contribution is -2.01. The Kier molecular flexibility index (Phi) is 1.30. The Labute approximate surface area is 88.0 Å². The van der Waals surface area contributed by atoms with Gasteiger partial charge in [-0.2, -0.15) is 0 Å². The minimum absolute atomic E-state index is 0.105. The number of rotatable bonds is 1. The Morgan fingerprint density at radius 3 is 2.93 bits per heavy atom. The van der Waals surface area contributed by atoms with Crippen molar-refractivity contribution in [2.45, 2.75) is 0 Å². The van der Waals surface area contributed by atoms with E-state index in [4.69, 9.17) is 1.43 Å². The topological polar surface area (TPSA) is 37.3 Å². The molecule has 0 unspecified atom stereocenters. The number of allylic oxidation sites excluding steroid dienone is 1. The largest absolute Gasteiger partial charge is 0.507 e. The van der Waals surface area contributed by atoms with Crippen molar-refractivity contribution in [2.75, 3.05) is 0 Å². The maximum absolute atomic E-state index is 11.8. The zero-order valence-electron chi connectivity index (χ0n) is 8.86. The van der Waals surface area contributed by atoms with Crippen molar-refractivity contribution in [1.29, 1.82) is 1.43 Å². The summed E-state index contributed by atoms with van der Waals surface area (Å²) < 4.78 is 6.97. The predicted molar refractivity (Wildman–Crippen MR) is 59.0 cm³/mol. The minimum atomic E-state index is -0.105. The highest BCUT2D eigenvalue weighted by Gasteiger charge is 2.18. The summed E-state index contributed by atoms with van der Waals surface area (Å²) >= 11 is 0. The van der Waals surface area contributed by atoms with Gasteiger partial charge in [0.15, 0.2) is 5.78 Å². The van der Waals surface area contributed by atoms with Crippen LogP contribution in [0.2, 0.25) is 0 Å². The van der Waals surface area contributed by atoms with Gasteiger partial charge in [-0.3, -0.25) is 4.79 Å². The fourth-order valence-electron chi connectivity index (χ4n) is 2.02. The third-order valence-corrected chi connectivity index (χ3v) is 2.70. The molecule has 0 aromatic heterocycles. The lowest BCUT2D eigenvalue weighted by Gasteiger charge is -2.12. The molecule has 0 bridgehead atoms. The van der Waals surface area contributed by atoms with Crippen LogP contribution in [0, 0.1) is 0 Å². The van der Waals surface area contributed by atoms with Crippen LogP contribution in [0.25, 0.3) is 16.8 Å². The third kappa shape index (κ3) is 1.02. The highest BCUT2D eigenvalue weighted by molar-refractivity contribution is 6.21. The predicted octanol–water partition coefficient (Wildman–Crippen LogP) is 2.75. The molecular weight excluding hydrogens is 188 g/mol. The number of carbonyl (C=O) groups excluding carboxylic acids is 1. The van der Waals surface area contributed by atoms with E-state index in [2.05, 4.69) is 5.11 Å². The van der Waals surface area contributed by atoms with Gasteiger partial charge >= 0.3 is 0 Å². The van der Waals surface area contributed by atoms with Crippen molar-refractivity contribution in [3.63, 3.8) is 0 Å². The molecule has 0 fully saturated rings. The summed E-state index contributed by atoms with van der Waals surface area (Å²) in [5.41, 5.74) is 1.48. The quantitative estimate of drug-likeness (QED) is 0.763. The van der Waals surface area contributed by atoms with Gasteiger partial charge in [0.1, 0.15) is 5.75 Å². The molecule has 0 spiro atoms. The average molecular weight is 197 g/mol. The van der Waals surface area contributed by atoms with Gasteiger partial charge in [-0.1, -0.05) is 30.3 Å². The first-order valence-electron chi connectivity index (χ1n) is 5.13. The zero-order valence-corrected chi connectivity index (χ0v) is 7.86. The molecule has 0 amide bonds. The van der Waals surface area contributed by atoms with Crippen LogP contribution in [0.4, 0.5) is 0 Å². The van der Waals surface area contributed by atoms with Gasteiger partial charge in [0.05, 0.1) is 5.56 Å². The Hall–Kier alpha value is -2.09. The normalized spacial score (nSPS) is 14.1. The molecule has 15 heavy (non-hydrogen) atoms. The number of aromatic hydroxyl groups is 1. The second-order valence-electron chi connectivity index (χ2n) is 3.58. The van der Waals surface area contributed by atoms with E-state index in [1.807, 2.05) is 24.3 Å². The smallest absolute Gasteiger partial charge is 0.293 e. The number of phenols is 1. The first kappa shape index (κ1) is 7.23. The van der Waals surface area contributed by atoms with Crippen molar-refractivity contribution >= 4 is 22.6 Å². The van der Waals surface area contributed by atoms with Crippen LogP contribution in [0.3, 0.4) is 0 Å². The van der Waals surface area contributed by atoms with Crippen LogP contribution in [0.5, 0.6) is 5.75 Å². The van der Waals surface area contributed by atoms with Crippen molar-refractivity contribution in [3.05, 3.63) is 47.5 Å². The SMILES string of the molecule is [2H]Oc1ccc2cccc3c2c1C(=O)C=C3. The van der Waals surface area contributed by atoms with Gasteiger partial charge in [-0.25, -0.2) is 0 Å². The molecule has 0 radical (unpaired) electrons. The number of ketones is 1. The summed E-state index contributed by atoms with van der Waals surface area (Å²) in [7, 11) is 0. The lowest BCUT2D eigenvalue weighted by atomic mass is 9.92. The van der Waals surface area contributed by atoms with Gasteiger partial charge in [0.25, 0.3) is 1.43 Å². The van der Waals surface area contributed by atoms with Crippen LogP contribution < -0.4 is 0 Å². The Morgan fingerprint density at radius 2 is 2.07 bits per heavy atom. The van der Waals surface area contributed by atoms with E-state index < -0.39 is 0 Å². The Morgan fingerprint density at radius 1 is 1.13 bits per heavy atom. The second kappa shape index (κ2) is 2.70. The highest BCUT2D eigenvalue weighted by Crippen LogP contribution is 2.33. The monoisotopic (exact) mass is 197 g/mol. The van der Waals surface area contributed by atoms with E-state index in [0.29, 0.717) is 11.3 Å². The maximum Gasteiger partial charge on any atom is 0.293 e. The fraction of sp³-hybridized carbons (Fsp3) is 0. The first-order chi connectivity index (χ1) is 7.81. The van der Waals surface area contributed by atoms with Gasteiger partial charge in [0, 0.05) is 5.39 Å². The van der Waals surface area contributed by atoms with Crippen molar-refractivity contribution in [1.82, 2.24) is 0 Å². The standard InChI is InChI=1S/C13H8O2/c14-10-6-4-8-2-1-3-9-5-7-11(15)13(10)12(8)9/h1-7,14H/i/hD. The molecule has 0 saturated heterocycles. The van der Waals surface area contributed by atoms with Crippen LogP contribution in [-0.4, -0.2) is 12.3 Å². The van der Waals surface area contributed by atoms with Crippen LogP contribution >= 0.6 is 0 Å². The molecule has 0 saturated carbocycles. The molecule has 0 atom stereocenters. The molecule has 1 aliphatic carbocycles. The lowest BCUT2D eigenvalue weighted by molar-refractivity contribution is 0.104. The highest BCUT2D eigenvalue weighted by atomic mass is 16.3. The van der Waals surface area contributed by atoms with E-state index in [1.54, 1.807) is 12.1 Å². The number of hydrogen-bond donors (Lipinski definition) is 1. The van der Waals surface area contributed by atoms with Gasteiger partial charge in [0.2, 0.25) is 0 Å². The number of hydrogen-bond acceptors (Lipinski definition) is 2. The first-order valence-corrected chi connectivity index (χ1v) is 4.72. The van der Waals surface area contributed by atoms with Gasteiger partial charge < -0.3 is 5.11 Å². The van der Waals surface area contributed by atoms with Crippen LogP contribution in [0.1, 0.15) is 15.9 Å². The zero-order chi connectivity index (χ0) is 11.1. The summed E-state index contributed by atoms with van der Waals surface area (Å²) in [5, 5.41) is 6.37. The van der Waals surface area contributed by atoms with Crippen molar-refractivity contribution < 1.29 is 9.90 Å². The molecular formula is C13H8O2. The molecule has 1 aliphatic rings. The number of benzene rings is 2. The molecule has 72 valence electrons. The Balaban J connectivity index is 2.53. The van der Waals surface area contributed by atoms with Gasteiger partial charge in [-0.05, 0) is 23.1 Å². The number of phenolic OH excluding ortho intramolecular Hbond substituents is 1. The van der Waals surface area contributed by atoms with Crippen LogP contribution in [0.15, 0.2) is 36.4 Å². The van der Waals surface area contributed by atoms with Crippen molar-refractivity contribution in [3.8, 4) is 5.75 Å². The third-order valence-electron chi connectivity index (χ3n) is 2.70. The average Bonchev–Trinajstić information content (AvgIpc) is 2.33. The molecule has 0 heterocycles. The summed E-state index contributed by atoms with van der Waals surface area (Å²) in [4.78, 5) is 11.8. The molecule has 0 aliphatic heterocycles.